The summed E-state index contributed by atoms with van der Waals surface area (Å²) in [6, 6.07) is 53.0. The molecule has 2 unspecified atom stereocenters. The van der Waals surface area contributed by atoms with E-state index in [1.165, 1.54) is 55.0 Å². The van der Waals surface area contributed by atoms with E-state index in [0.29, 0.717) is 11.8 Å². The van der Waals surface area contributed by atoms with Crippen LogP contribution in [0.25, 0.3) is 32.3 Å². The minimum Gasteiger partial charge on any atom is -0.310 e. The monoisotopic (exact) mass is 606 g/mol. The fraction of sp³-hybridized carbons (Fsp3) is 0.111. The summed E-state index contributed by atoms with van der Waals surface area (Å²) in [5.74, 6) is 0.928. The quantitative estimate of drug-likeness (QED) is 0.137. The van der Waals surface area contributed by atoms with Crippen molar-refractivity contribution in [3.8, 4) is 0 Å². The largest absolute Gasteiger partial charge is 0.310 e. The van der Waals surface area contributed by atoms with Gasteiger partial charge in [0.15, 0.2) is 0 Å². The van der Waals surface area contributed by atoms with Crippen LogP contribution in [-0.4, -0.2) is 0 Å². The van der Waals surface area contributed by atoms with Gasteiger partial charge in [0.05, 0.1) is 11.4 Å². The molecule has 7 aromatic rings. The molecule has 0 radical (unpaired) electrons. The first-order valence-corrected chi connectivity index (χ1v) is 16.6. The molecule has 228 valence electrons. The first-order chi connectivity index (χ1) is 23.1. The number of aryl methyl sites for hydroxylation is 1. The number of hydrogen-bond acceptors (Lipinski definition) is 2. The molecule has 0 bridgehead atoms. The number of fused-ring (bicyclic) bond motifs is 3. The Labute approximate surface area is 277 Å². The number of anilines is 5. The molecule has 8 rings (SSSR count). The highest BCUT2D eigenvalue weighted by Crippen LogP contribution is 2.50. The smallest absolute Gasteiger partial charge is 0.0619 e. The highest BCUT2D eigenvalue weighted by Gasteiger charge is 2.27. The Balaban J connectivity index is 1.47. The Bertz CT molecular complexity index is 2240. The molecule has 0 aromatic heterocycles. The van der Waals surface area contributed by atoms with Crippen LogP contribution in [0.5, 0.6) is 0 Å². The van der Waals surface area contributed by atoms with Crippen molar-refractivity contribution in [3.05, 3.63) is 175 Å². The summed E-state index contributed by atoms with van der Waals surface area (Å²) in [5, 5.41) is 7.30. The second-order valence-electron chi connectivity index (χ2n) is 12.8. The number of benzene rings is 7. The van der Waals surface area contributed by atoms with Gasteiger partial charge >= 0.3 is 0 Å². The minimum atomic E-state index is 0.432. The molecule has 1 aliphatic rings. The van der Waals surface area contributed by atoms with Gasteiger partial charge in [-0.1, -0.05) is 141 Å². The molecule has 0 aliphatic heterocycles. The topological polar surface area (TPSA) is 6.48 Å². The van der Waals surface area contributed by atoms with Crippen LogP contribution in [0.15, 0.2) is 170 Å². The average Bonchev–Trinajstić information content (AvgIpc) is 3.12. The van der Waals surface area contributed by atoms with Gasteiger partial charge < -0.3 is 9.80 Å². The lowest BCUT2D eigenvalue weighted by Crippen LogP contribution is -2.21. The SMILES string of the molecule is Cc1ccc(N(C2=CC(C)C(C)C=C2)c2c3ccccc3c(N(c3ccccc3)c3ccc4ccccc4c3)c3ccccc23)cc1. The maximum Gasteiger partial charge on any atom is 0.0619 e. The molecule has 0 heterocycles. The molecule has 7 aromatic carbocycles. The lowest BCUT2D eigenvalue weighted by atomic mass is 9.89. The normalized spacial score (nSPS) is 16.0. The maximum absolute atomic E-state index is 2.48. The molecule has 2 atom stereocenters. The number of para-hydroxylation sites is 1. The van der Waals surface area contributed by atoms with Gasteiger partial charge in [0.1, 0.15) is 0 Å². The number of hydrogen-bond donors (Lipinski definition) is 0. The Hall–Kier alpha value is -5.60. The molecule has 0 spiro atoms. The number of rotatable bonds is 6. The third kappa shape index (κ3) is 5.16. The van der Waals surface area contributed by atoms with Crippen molar-refractivity contribution in [1.82, 2.24) is 0 Å². The van der Waals surface area contributed by atoms with Crippen LogP contribution in [0.4, 0.5) is 28.4 Å². The van der Waals surface area contributed by atoms with Crippen molar-refractivity contribution in [2.45, 2.75) is 20.8 Å². The summed E-state index contributed by atoms with van der Waals surface area (Å²) in [4.78, 5) is 4.93. The summed E-state index contributed by atoms with van der Waals surface area (Å²) in [6.07, 6.45) is 7.11. The van der Waals surface area contributed by atoms with Crippen LogP contribution in [0.1, 0.15) is 19.4 Å². The fourth-order valence-corrected chi connectivity index (χ4v) is 7.02. The summed E-state index contributed by atoms with van der Waals surface area (Å²) in [5.41, 5.74) is 8.26. The second kappa shape index (κ2) is 12.0. The standard InChI is InChI=1S/C45H38N2/c1-31-21-25-37(26-22-31)47(38-27-23-32(2)33(3)29-38)45-42-19-11-9-17-40(42)44(41-18-10-12-20-43(41)45)46(36-15-5-4-6-16-36)39-28-24-34-13-7-8-14-35(34)30-39/h4-30,32-33H,1-3H3. The van der Waals surface area contributed by atoms with Crippen molar-refractivity contribution in [3.63, 3.8) is 0 Å². The Morgan fingerprint density at radius 3 is 1.57 bits per heavy atom. The second-order valence-corrected chi connectivity index (χ2v) is 12.8. The molecule has 0 fully saturated rings. The predicted molar refractivity (Wildman–Crippen MR) is 203 cm³/mol. The Morgan fingerprint density at radius 1 is 0.447 bits per heavy atom. The van der Waals surface area contributed by atoms with Crippen LogP contribution >= 0.6 is 0 Å². The highest BCUT2D eigenvalue weighted by molar-refractivity contribution is 6.23. The summed E-state index contributed by atoms with van der Waals surface area (Å²) in [6.45, 7) is 6.78. The number of nitrogens with zero attached hydrogens (tertiary/aromatic N) is 2. The van der Waals surface area contributed by atoms with Gasteiger partial charge in [-0.05, 0) is 72.0 Å². The van der Waals surface area contributed by atoms with E-state index >= 15 is 0 Å². The Morgan fingerprint density at radius 2 is 0.957 bits per heavy atom. The number of allylic oxidation sites excluding steroid dienone is 3. The van der Waals surface area contributed by atoms with E-state index in [1.807, 2.05) is 0 Å². The van der Waals surface area contributed by atoms with Crippen LogP contribution in [0.2, 0.25) is 0 Å². The zero-order valence-corrected chi connectivity index (χ0v) is 27.1. The van der Waals surface area contributed by atoms with Crippen LogP contribution < -0.4 is 9.80 Å². The van der Waals surface area contributed by atoms with E-state index in [1.54, 1.807) is 0 Å². The van der Waals surface area contributed by atoms with E-state index < -0.39 is 0 Å². The van der Waals surface area contributed by atoms with Crippen molar-refractivity contribution in [2.75, 3.05) is 9.80 Å². The van der Waals surface area contributed by atoms with Crippen LogP contribution in [0.3, 0.4) is 0 Å². The molecule has 2 heteroatoms. The van der Waals surface area contributed by atoms with Gasteiger partial charge in [-0.2, -0.15) is 0 Å². The van der Waals surface area contributed by atoms with Crippen LogP contribution in [0, 0.1) is 18.8 Å². The minimum absolute atomic E-state index is 0.432. The first kappa shape index (κ1) is 28.8. The summed E-state index contributed by atoms with van der Waals surface area (Å²) >= 11 is 0. The van der Waals surface area contributed by atoms with Crippen molar-refractivity contribution in [1.29, 1.82) is 0 Å². The van der Waals surface area contributed by atoms with Gasteiger partial charge in [0.2, 0.25) is 0 Å². The van der Waals surface area contributed by atoms with Crippen molar-refractivity contribution >= 4 is 60.8 Å². The van der Waals surface area contributed by atoms with Crippen molar-refractivity contribution in [2.24, 2.45) is 11.8 Å². The molecular weight excluding hydrogens is 569 g/mol. The van der Waals surface area contributed by atoms with E-state index in [2.05, 4.69) is 194 Å². The summed E-state index contributed by atoms with van der Waals surface area (Å²) in [7, 11) is 0. The van der Waals surface area contributed by atoms with Gasteiger partial charge in [0.25, 0.3) is 0 Å². The highest BCUT2D eigenvalue weighted by atomic mass is 15.2. The molecule has 0 amide bonds. The fourth-order valence-electron chi connectivity index (χ4n) is 7.02. The molecule has 1 aliphatic carbocycles. The maximum atomic E-state index is 2.48. The lowest BCUT2D eigenvalue weighted by Gasteiger charge is -2.34. The van der Waals surface area contributed by atoms with E-state index in [-0.39, 0.29) is 0 Å². The zero-order valence-electron chi connectivity index (χ0n) is 27.1. The van der Waals surface area contributed by atoms with Gasteiger partial charge in [-0.15, -0.1) is 0 Å². The predicted octanol–water partition coefficient (Wildman–Crippen LogP) is 12.8. The van der Waals surface area contributed by atoms with E-state index in [4.69, 9.17) is 0 Å². The third-order valence-corrected chi connectivity index (χ3v) is 9.71. The molecule has 0 saturated heterocycles. The van der Waals surface area contributed by atoms with Gasteiger partial charge in [-0.3, -0.25) is 0 Å². The first-order valence-electron chi connectivity index (χ1n) is 16.6. The van der Waals surface area contributed by atoms with Crippen LogP contribution in [-0.2, 0) is 0 Å². The zero-order chi connectivity index (χ0) is 31.9. The van der Waals surface area contributed by atoms with E-state index in [9.17, 15) is 0 Å². The molecule has 47 heavy (non-hydrogen) atoms. The molecule has 2 nitrogen and oxygen atoms in total. The Kier molecular flexibility index (Phi) is 7.34. The molecular formula is C45H38N2. The van der Waals surface area contributed by atoms with Crippen molar-refractivity contribution < 1.29 is 0 Å². The lowest BCUT2D eigenvalue weighted by molar-refractivity contribution is 0.547. The average molecular weight is 607 g/mol. The molecule has 0 saturated carbocycles. The third-order valence-electron chi connectivity index (χ3n) is 9.71. The van der Waals surface area contributed by atoms with Gasteiger partial charge in [0, 0.05) is 44.3 Å². The summed E-state index contributed by atoms with van der Waals surface area (Å²) < 4.78 is 0. The van der Waals surface area contributed by atoms with E-state index in [0.717, 1.165) is 17.1 Å². The van der Waals surface area contributed by atoms with Gasteiger partial charge in [-0.25, -0.2) is 0 Å². The molecule has 0 N–H and O–H groups in total.